The van der Waals surface area contributed by atoms with Crippen LogP contribution in [0.25, 0.3) is 10.9 Å². The molecule has 0 aliphatic heterocycles. The van der Waals surface area contributed by atoms with E-state index in [0.29, 0.717) is 12.4 Å². The van der Waals surface area contributed by atoms with Gasteiger partial charge in [0, 0.05) is 11.5 Å². The summed E-state index contributed by atoms with van der Waals surface area (Å²) in [5.41, 5.74) is 0.691. The molecule has 0 amide bonds. The molecule has 0 aliphatic carbocycles. The normalized spacial score (nSPS) is 10.5. The van der Waals surface area contributed by atoms with Gasteiger partial charge in [-0.1, -0.05) is 19.1 Å². The van der Waals surface area contributed by atoms with Crippen LogP contribution in [0.15, 0.2) is 35.1 Å². The van der Waals surface area contributed by atoms with Crippen LogP contribution in [0, 0.1) is 0 Å². The van der Waals surface area contributed by atoms with E-state index >= 15 is 0 Å². The Morgan fingerprint density at radius 2 is 2.13 bits per heavy atom. The maximum atomic E-state index is 11.3. The number of pyridine rings is 1. The Kier molecular flexibility index (Phi) is 2.72. The fourth-order valence-corrected chi connectivity index (χ4v) is 1.50. The summed E-state index contributed by atoms with van der Waals surface area (Å²) in [5.74, 6) is 0.663. The first-order valence-corrected chi connectivity index (χ1v) is 5.06. The van der Waals surface area contributed by atoms with Gasteiger partial charge < -0.3 is 9.72 Å². The number of aromatic nitrogens is 1. The highest BCUT2D eigenvalue weighted by Gasteiger charge is 2.02. The number of fused-ring (bicyclic) bond motifs is 1. The van der Waals surface area contributed by atoms with Crippen molar-refractivity contribution in [2.75, 3.05) is 6.61 Å². The van der Waals surface area contributed by atoms with E-state index in [0.717, 1.165) is 17.3 Å². The minimum absolute atomic E-state index is 0.125. The molecule has 0 unspecified atom stereocenters. The highest BCUT2D eigenvalue weighted by Crippen LogP contribution is 2.21. The molecule has 0 saturated carbocycles. The molecular weight excluding hydrogens is 190 g/mol. The van der Waals surface area contributed by atoms with E-state index in [1.807, 2.05) is 31.2 Å². The smallest absolute Gasteiger partial charge is 0.252 e. The topological polar surface area (TPSA) is 42.1 Å². The number of ether oxygens (including phenoxy) is 1. The first kappa shape index (κ1) is 9.77. The second kappa shape index (κ2) is 4.17. The van der Waals surface area contributed by atoms with E-state index in [9.17, 15) is 4.79 Å². The maximum absolute atomic E-state index is 11.3. The van der Waals surface area contributed by atoms with Gasteiger partial charge >= 0.3 is 0 Å². The van der Waals surface area contributed by atoms with E-state index in [1.165, 1.54) is 6.07 Å². The van der Waals surface area contributed by atoms with Crippen molar-refractivity contribution in [3.8, 4) is 5.75 Å². The summed E-state index contributed by atoms with van der Waals surface area (Å²) < 4.78 is 5.53. The number of rotatable bonds is 3. The monoisotopic (exact) mass is 203 g/mol. The van der Waals surface area contributed by atoms with Crippen molar-refractivity contribution in [2.45, 2.75) is 13.3 Å². The van der Waals surface area contributed by atoms with Crippen molar-refractivity contribution in [3.63, 3.8) is 0 Å². The molecular formula is C12H13NO2. The zero-order chi connectivity index (χ0) is 10.7. The van der Waals surface area contributed by atoms with Crippen LogP contribution in [0.4, 0.5) is 0 Å². The predicted molar refractivity (Wildman–Crippen MR) is 60.4 cm³/mol. The summed E-state index contributed by atoms with van der Waals surface area (Å²) in [6, 6.07) is 9.13. The minimum Gasteiger partial charge on any atom is -0.493 e. The molecule has 0 atom stereocenters. The van der Waals surface area contributed by atoms with Crippen LogP contribution in [0.5, 0.6) is 5.75 Å². The zero-order valence-electron chi connectivity index (χ0n) is 8.62. The largest absolute Gasteiger partial charge is 0.493 e. The first-order chi connectivity index (χ1) is 7.31. The van der Waals surface area contributed by atoms with Crippen LogP contribution < -0.4 is 10.3 Å². The lowest BCUT2D eigenvalue weighted by atomic mass is 10.2. The summed E-state index contributed by atoms with van der Waals surface area (Å²) in [6.07, 6.45) is 0.932. The molecule has 1 N–H and O–H groups in total. The van der Waals surface area contributed by atoms with Crippen molar-refractivity contribution in [3.05, 3.63) is 40.7 Å². The molecule has 3 heteroatoms. The van der Waals surface area contributed by atoms with E-state index in [2.05, 4.69) is 4.98 Å². The van der Waals surface area contributed by atoms with E-state index in [4.69, 9.17) is 4.74 Å². The fourth-order valence-electron chi connectivity index (χ4n) is 1.50. The molecule has 1 aromatic heterocycles. The van der Waals surface area contributed by atoms with Gasteiger partial charge in [-0.25, -0.2) is 0 Å². The third kappa shape index (κ3) is 2.01. The van der Waals surface area contributed by atoms with Crippen LogP contribution in [0.2, 0.25) is 0 Å². The van der Waals surface area contributed by atoms with Crippen LogP contribution >= 0.6 is 0 Å². The minimum atomic E-state index is -0.125. The molecule has 0 fully saturated rings. The lowest BCUT2D eigenvalue weighted by molar-refractivity contribution is 0.320. The lowest BCUT2D eigenvalue weighted by Gasteiger charge is -2.07. The molecule has 78 valence electrons. The molecule has 2 aromatic rings. The van der Waals surface area contributed by atoms with Crippen molar-refractivity contribution in [2.24, 2.45) is 0 Å². The Labute approximate surface area is 87.7 Å². The molecule has 1 aromatic carbocycles. The van der Waals surface area contributed by atoms with Gasteiger partial charge in [0.2, 0.25) is 0 Å². The summed E-state index contributed by atoms with van der Waals surface area (Å²) in [5, 5.41) is 0.950. The molecule has 0 radical (unpaired) electrons. The molecule has 15 heavy (non-hydrogen) atoms. The highest BCUT2D eigenvalue weighted by molar-refractivity contribution is 5.84. The Morgan fingerprint density at radius 1 is 1.33 bits per heavy atom. The highest BCUT2D eigenvalue weighted by atomic mass is 16.5. The van der Waals surface area contributed by atoms with Gasteiger partial charge in [0.25, 0.3) is 5.56 Å². The number of H-pyrrole nitrogens is 1. The van der Waals surface area contributed by atoms with E-state index < -0.39 is 0 Å². The standard InChI is InChI=1S/C12H13NO2/c1-2-7-15-11-8-12(14)13-10-6-4-3-5-9(10)11/h3-6,8H,2,7H2,1H3,(H,13,14). The Hall–Kier alpha value is -1.77. The van der Waals surface area contributed by atoms with Crippen molar-refractivity contribution >= 4 is 10.9 Å². The average Bonchev–Trinajstić information content (AvgIpc) is 2.25. The van der Waals surface area contributed by atoms with Gasteiger partial charge in [-0.2, -0.15) is 0 Å². The third-order valence-corrected chi connectivity index (χ3v) is 2.17. The summed E-state index contributed by atoms with van der Waals surface area (Å²) in [6.45, 7) is 2.67. The molecule has 3 nitrogen and oxygen atoms in total. The van der Waals surface area contributed by atoms with E-state index in [-0.39, 0.29) is 5.56 Å². The van der Waals surface area contributed by atoms with Gasteiger partial charge in [0.15, 0.2) is 0 Å². The number of aromatic amines is 1. The molecule has 0 aliphatic rings. The van der Waals surface area contributed by atoms with E-state index in [1.54, 1.807) is 0 Å². The Morgan fingerprint density at radius 3 is 2.93 bits per heavy atom. The number of benzene rings is 1. The van der Waals surface area contributed by atoms with Gasteiger partial charge in [-0.3, -0.25) is 4.79 Å². The van der Waals surface area contributed by atoms with Gasteiger partial charge in [0.05, 0.1) is 12.1 Å². The van der Waals surface area contributed by atoms with Crippen molar-refractivity contribution in [1.82, 2.24) is 4.98 Å². The van der Waals surface area contributed by atoms with Gasteiger partial charge in [-0.05, 0) is 18.6 Å². The predicted octanol–water partition coefficient (Wildman–Crippen LogP) is 2.32. The molecule has 2 rings (SSSR count). The molecule has 0 bridgehead atoms. The number of para-hydroxylation sites is 1. The first-order valence-electron chi connectivity index (χ1n) is 5.06. The van der Waals surface area contributed by atoms with Crippen LogP contribution in [0.3, 0.4) is 0 Å². The van der Waals surface area contributed by atoms with Crippen LogP contribution in [-0.4, -0.2) is 11.6 Å². The van der Waals surface area contributed by atoms with Gasteiger partial charge in [-0.15, -0.1) is 0 Å². The number of hydrogen-bond donors (Lipinski definition) is 1. The molecule has 0 saturated heterocycles. The van der Waals surface area contributed by atoms with Crippen LogP contribution in [0.1, 0.15) is 13.3 Å². The van der Waals surface area contributed by atoms with Crippen LogP contribution in [-0.2, 0) is 0 Å². The zero-order valence-corrected chi connectivity index (χ0v) is 8.62. The Bertz CT molecular complexity index is 516. The second-order valence-corrected chi connectivity index (χ2v) is 3.39. The van der Waals surface area contributed by atoms with Gasteiger partial charge in [0.1, 0.15) is 5.75 Å². The Balaban J connectivity index is 2.55. The average molecular weight is 203 g/mol. The summed E-state index contributed by atoms with van der Waals surface area (Å²) in [7, 11) is 0. The summed E-state index contributed by atoms with van der Waals surface area (Å²) in [4.78, 5) is 14.1. The van der Waals surface area contributed by atoms with Crippen molar-refractivity contribution in [1.29, 1.82) is 0 Å². The molecule has 1 heterocycles. The number of nitrogens with one attached hydrogen (secondary N) is 1. The third-order valence-electron chi connectivity index (χ3n) is 2.17. The lowest BCUT2D eigenvalue weighted by Crippen LogP contribution is -2.06. The number of hydrogen-bond acceptors (Lipinski definition) is 2. The maximum Gasteiger partial charge on any atom is 0.252 e. The molecule has 0 spiro atoms. The quantitative estimate of drug-likeness (QED) is 0.831. The van der Waals surface area contributed by atoms with Crippen molar-refractivity contribution < 1.29 is 4.74 Å². The summed E-state index contributed by atoms with van der Waals surface area (Å²) >= 11 is 0. The fraction of sp³-hybridized carbons (Fsp3) is 0.250. The SMILES string of the molecule is CCCOc1cc(=O)[nH]c2ccccc12. The second-order valence-electron chi connectivity index (χ2n) is 3.39.